The van der Waals surface area contributed by atoms with E-state index in [9.17, 15) is 28.9 Å². The van der Waals surface area contributed by atoms with Crippen molar-refractivity contribution in [2.45, 2.75) is 341 Å². The summed E-state index contributed by atoms with van der Waals surface area (Å²) in [5, 5.41) is 9.85. The molecule has 0 aromatic rings. The SMILES string of the molecule is CCCCC/C=C\C/C=C\CCCCCCCCCC(=O)OCC(COP(=O)(O)OCC(CO)OC(=O)CCCCCCCCCCCCCCCCC)OC(=O)CCCCCCCCCCC/C=C\CCCCCCCC. The summed E-state index contributed by atoms with van der Waals surface area (Å²) in [5.74, 6) is -1.45. The number of unbranched alkanes of at least 4 members (excludes halogenated alkanes) is 39. The molecule has 3 atom stereocenters. The van der Waals surface area contributed by atoms with Gasteiger partial charge in [0.25, 0.3) is 0 Å². The molecule has 0 saturated carbocycles. The fraction of sp³-hybridized carbons (Fsp3) is 0.864. The van der Waals surface area contributed by atoms with Gasteiger partial charge in [0.1, 0.15) is 12.7 Å². The van der Waals surface area contributed by atoms with Gasteiger partial charge in [-0.05, 0) is 77.0 Å². The van der Waals surface area contributed by atoms with E-state index in [-0.39, 0.29) is 25.9 Å². The summed E-state index contributed by atoms with van der Waals surface area (Å²) in [7, 11) is -4.75. The third-order valence-electron chi connectivity index (χ3n) is 14.5. The average Bonchev–Trinajstić information content (AvgIpc) is 3.43. The standard InChI is InChI=1S/C66H123O11P/c1-4-7-10-13-16-19-22-25-28-30-31-33-36-39-42-45-48-51-54-57-66(70)77-63(59-73-64(68)55-52-49-46-43-40-37-35-32-29-26-23-20-17-14-11-8-5-2)61-75-78(71,72)74-60-62(58-67)76-65(69)56-53-50-47-44-41-38-34-27-24-21-18-15-12-9-6-3/h17,20,25-26,28-29,62-63,67H,4-16,18-19,21-24,27,30-61H2,1-3H3,(H,71,72)/b20-17-,28-25-,29-26-. The molecule has 0 aromatic heterocycles. The molecule has 0 aromatic carbocycles. The summed E-state index contributed by atoms with van der Waals surface area (Å²) in [6, 6.07) is 0. The van der Waals surface area contributed by atoms with Crippen molar-refractivity contribution in [3.8, 4) is 0 Å². The largest absolute Gasteiger partial charge is 0.472 e. The molecule has 2 N–H and O–H groups in total. The molecule has 11 nitrogen and oxygen atoms in total. The Morgan fingerprint density at radius 3 is 0.987 bits per heavy atom. The van der Waals surface area contributed by atoms with Crippen molar-refractivity contribution in [1.29, 1.82) is 0 Å². The predicted molar refractivity (Wildman–Crippen MR) is 326 cm³/mol. The lowest BCUT2D eigenvalue weighted by atomic mass is 10.0. The minimum atomic E-state index is -4.75. The smallest absolute Gasteiger partial charge is 0.462 e. The van der Waals surface area contributed by atoms with Crippen LogP contribution in [-0.2, 0) is 42.2 Å². The lowest BCUT2D eigenvalue weighted by Crippen LogP contribution is -2.30. The highest BCUT2D eigenvalue weighted by molar-refractivity contribution is 7.47. The van der Waals surface area contributed by atoms with Crippen molar-refractivity contribution >= 4 is 25.7 Å². The number of hydrogen-bond acceptors (Lipinski definition) is 10. The van der Waals surface area contributed by atoms with Crippen molar-refractivity contribution in [3.05, 3.63) is 36.5 Å². The number of aliphatic hydroxyl groups excluding tert-OH is 1. The van der Waals surface area contributed by atoms with Gasteiger partial charge in [-0.15, -0.1) is 0 Å². The third-order valence-corrected chi connectivity index (χ3v) is 15.5. The van der Waals surface area contributed by atoms with Gasteiger partial charge in [0.15, 0.2) is 6.10 Å². The van der Waals surface area contributed by atoms with Crippen LogP contribution in [0.2, 0.25) is 0 Å². The zero-order valence-corrected chi connectivity index (χ0v) is 51.8. The highest BCUT2D eigenvalue weighted by Crippen LogP contribution is 2.43. The number of rotatable bonds is 62. The third kappa shape index (κ3) is 58.4. The van der Waals surface area contributed by atoms with Gasteiger partial charge in [-0.3, -0.25) is 23.4 Å². The summed E-state index contributed by atoms with van der Waals surface area (Å²) in [4.78, 5) is 48.8. The molecule has 0 aliphatic heterocycles. The lowest BCUT2D eigenvalue weighted by molar-refractivity contribution is -0.161. The second-order valence-electron chi connectivity index (χ2n) is 22.3. The van der Waals surface area contributed by atoms with E-state index in [1.54, 1.807) is 0 Å². The molecule has 0 saturated heterocycles. The molecule has 3 unspecified atom stereocenters. The predicted octanol–water partition coefficient (Wildman–Crippen LogP) is 19.9. The second-order valence-corrected chi connectivity index (χ2v) is 23.7. The first-order chi connectivity index (χ1) is 38.2. The van der Waals surface area contributed by atoms with E-state index < -0.39 is 57.8 Å². The van der Waals surface area contributed by atoms with Crippen molar-refractivity contribution in [2.75, 3.05) is 26.4 Å². The molecule has 12 heteroatoms. The molecule has 0 heterocycles. The lowest BCUT2D eigenvalue weighted by Gasteiger charge is -2.21. The Labute approximate surface area is 480 Å². The van der Waals surface area contributed by atoms with E-state index in [0.717, 1.165) is 70.6 Å². The maximum Gasteiger partial charge on any atom is 0.472 e. The number of carbonyl (C=O) groups is 3. The van der Waals surface area contributed by atoms with Crippen LogP contribution in [0.25, 0.3) is 0 Å². The van der Waals surface area contributed by atoms with Gasteiger partial charge in [0.2, 0.25) is 0 Å². The molecule has 0 amide bonds. The van der Waals surface area contributed by atoms with Gasteiger partial charge in [0.05, 0.1) is 19.8 Å². The van der Waals surface area contributed by atoms with Crippen molar-refractivity contribution < 1.29 is 52.2 Å². The van der Waals surface area contributed by atoms with Crippen LogP contribution in [-0.4, -0.2) is 66.5 Å². The Hall–Kier alpha value is -2.30. The minimum Gasteiger partial charge on any atom is -0.462 e. The zero-order chi connectivity index (χ0) is 56.9. The van der Waals surface area contributed by atoms with Gasteiger partial charge in [-0.25, -0.2) is 4.57 Å². The van der Waals surface area contributed by atoms with Crippen LogP contribution in [0.1, 0.15) is 329 Å². The van der Waals surface area contributed by atoms with Crippen LogP contribution in [0.4, 0.5) is 0 Å². The van der Waals surface area contributed by atoms with Crippen molar-refractivity contribution in [1.82, 2.24) is 0 Å². The van der Waals surface area contributed by atoms with Gasteiger partial charge < -0.3 is 24.2 Å². The monoisotopic (exact) mass is 1120 g/mol. The number of phosphoric acid groups is 1. The number of esters is 3. The van der Waals surface area contributed by atoms with Crippen LogP contribution >= 0.6 is 7.82 Å². The van der Waals surface area contributed by atoms with Crippen LogP contribution in [0.5, 0.6) is 0 Å². The quantitative estimate of drug-likeness (QED) is 0.0197. The summed E-state index contributed by atoms with van der Waals surface area (Å²) in [5.41, 5.74) is 0. The topological polar surface area (TPSA) is 155 Å². The van der Waals surface area contributed by atoms with Gasteiger partial charge in [-0.1, -0.05) is 269 Å². The van der Waals surface area contributed by atoms with Crippen molar-refractivity contribution in [3.63, 3.8) is 0 Å². The van der Waals surface area contributed by atoms with Crippen LogP contribution < -0.4 is 0 Å². The number of carbonyl (C=O) groups excluding carboxylic acids is 3. The Bertz CT molecular complexity index is 1450. The maximum absolute atomic E-state index is 13.0. The molecule has 78 heavy (non-hydrogen) atoms. The van der Waals surface area contributed by atoms with E-state index in [0.29, 0.717) is 19.3 Å². The highest BCUT2D eigenvalue weighted by Gasteiger charge is 2.28. The van der Waals surface area contributed by atoms with Gasteiger partial charge >= 0.3 is 25.7 Å². The molecule has 0 aliphatic rings. The molecule has 0 spiro atoms. The Balaban J connectivity index is 4.68. The Morgan fingerprint density at radius 1 is 0.359 bits per heavy atom. The number of aliphatic hydroxyl groups is 1. The summed E-state index contributed by atoms with van der Waals surface area (Å²) in [6.07, 6.45) is 65.2. The Kier molecular flexibility index (Phi) is 59.0. The molecule has 0 aliphatic carbocycles. The molecular weight excluding hydrogens is 1000 g/mol. The maximum atomic E-state index is 13.0. The molecule has 0 bridgehead atoms. The normalized spacial score (nSPS) is 13.4. The van der Waals surface area contributed by atoms with Crippen LogP contribution in [0.3, 0.4) is 0 Å². The van der Waals surface area contributed by atoms with E-state index >= 15 is 0 Å². The van der Waals surface area contributed by atoms with Crippen LogP contribution in [0, 0.1) is 0 Å². The Morgan fingerprint density at radius 2 is 0.628 bits per heavy atom. The minimum absolute atomic E-state index is 0.167. The fourth-order valence-corrected chi connectivity index (χ4v) is 10.3. The molecular formula is C66H123O11P. The second kappa shape index (κ2) is 60.8. The van der Waals surface area contributed by atoms with Gasteiger partial charge in [-0.2, -0.15) is 0 Å². The summed E-state index contributed by atoms with van der Waals surface area (Å²) >= 11 is 0. The van der Waals surface area contributed by atoms with E-state index in [2.05, 4.69) is 57.2 Å². The number of phosphoric ester groups is 1. The molecule has 0 radical (unpaired) electrons. The van der Waals surface area contributed by atoms with E-state index in [1.165, 1.54) is 199 Å². The number of hydrogen-bond donors (Lipinski definition) is 2. The highest BCUT2D eigenvalue weighted by atomic mass is 31.2. The van der Waals surface area contributed by atoms with Gasteiger partial charge in [0, 0.05) is 19.3 Å². The number of allylic oxidation sites excluding steroid dienone is 6. The first-order valence-electron chi connectivity index (χ1n) is 32.9. The van der Waals surface area contributed by atoms with E-state index in [4.69, 9.17) is 23.3 Å². The average molecular weight is 1120 g/mol. The summed E-state index contributed by atoms with van der Waals surface area (Å²) < 4.78 is 39.7. The summed E-state index contributed by atoms with van der Waals surface area (Å²) in [6.45, 7) is 4.68. The van der Waals surface area contributed by atoms with E-state index in [1.807, 2.05) is 0 Å². The first-order valence-corrected chi connectivity index (χ1v) is 34.4. The molecule has 0 rings (SSSR count). The van der Waals surface area contributed by atoms with Crippen molar-refractivity contribution in [2.24, 2.45) is 0 Å². The van der Waals surface area contributed by atoms with Crippen LogP contribution in [0.15, 0.2) is 36.5 Å². The first kappa shape index (κ1) is 75.7. The molecule has 458 valence electrons. The number of ether oxygens (including phenoxy) is 3. The molecule has 0 fully saturated rings. The fourth-order valence-electron chi connectivity index (χ4n) is 9.50. The zero-order valence-electron chi connectivity index (χ0n) is 50.9.